The maximum atomic E-state index is 5.06. The lowest BCUT2D eigenvalue weighted by molar-refractivity contribution is 0.373. The molecule has 0 fully saturated rings. The highest BCUT2D eigenvalue weighted by atomic mass is 32.1. The lowest BCUT2D eigenvalue weighted by Crippen LogP contribution is -2.19. The fourth-order valence-electron chi connectivity index (χ4n) is 1.54. The molecule has 0 aliphatic carbocycles. The Labute approximate surface area is 111 Å². The Bertz CT molecular complexity index is 494. The van der Waals surface area contributed by atoms with Crippen LogP contribution in [0.1, 0.15) is 49.2 Å². The van der Waals surface area contributed by atoms with Crippen LogP contribution in [-0.2, 0) is 19.4 Å². The highest BCUT2D eigenvalue weighted by molar-refractivity contribution is 7.09. The average Bonchev–Trinajstić information content (AvgIpc) is 3.04. The summed E-state index contributed by atoms with van der Waals surface area (Å²) in [5.74, 6) is 1.38. The minimum Gasteiger partial charge on any atom is -0.339 e. The van der Waals surface area contributed by atoms with Crippen LogP contribution in [0, 0.1) is 0 Å². The monoisotopic (exact) mass is 266 g/mol. The average molecular weight is 266 g/mol. The van der Waals surface area contributed by atoms with Crippen molar-refractivity contribution in [1.29, 1.82) is 0 Å². The van der Waals surface area contributed by atoms with E-state index >= 15 is 0 Å². The van der Waals surface area contributed by atoms with Crippen LogP contribution in [0.5, 0.6) is 0 Å². The predicted octanol–water partition coefficient (Wildman–Crippen LogP) is 2.50. The second-order valence-corrected chi connectivity index (χ2v) is 5.02. The molecule has 0 spiro atoms. The van der Waals surface area contributed by atoms with Crippen molar-refractivity contribution >= 4 is 11.3 Å². The predicted molar refractivity (Wildman–Crippen MR) is 70.4 cm³/mol. The molecule has 0 aromatic carbocycles. The third-order valence-electron chi connectivity index (χ3n) is 2.69. The molecule has 2 rings (SSSR count). The molecule has 2 aromatic heterocycles. The Morgan fingerprint density at radius 3 is 2.78 bits per heavy atom. The Hall–Kier alpha value is -1.27. The number of thiazole rings is 1. The molecule has 0 aliphatic rings. The van der Waals surface area contributed by atoms with Crippen molar-refractivity contribution in [3.05, 3.63) is 27.8 Å². The van der Waals surface area contributed by atoms with Gasteiger partial charge in [-0.2, -0.15) is 4.98 Å². The second-order valence-electron chi connectivity index (χ2n) is 4.08. The normalized spacial score (nSPS) is 12.8. The van der Waals surface area contributed by atoms with Gasteiger partial charge in [0.05, 0.1) is 17.2 Å². The zero-order chi connectivity index (χ0) is 13.0. The summed E-state index contributed by atoms with van der Waals surface area (Å²) in [5, 5.41) is 10.5. The highest BCUT2D eigenvalue weighted by Gasteiger charge is 2.11. The molecule has 1 N–H and O–H groups in total. The second kappa shape index (κ2) is 6.06. The lowest BCUT2D eigenvalue weighted by Gasteiger charge is -2.08. The third-order valence-corrected chi connectivity index (χ3v) is 3.71. The van der Waals surface area contributed by atoms with E-state index in [1.54, 1.807) is 11.3 Å². The molecule has 2 heterocycles. The minimum atomic E-state index is 0.199. The molecular weight excluding hydrogens is 248 g/mol. The molecule has 98 valence electrons. The van der Waals surface area contributed by atoms with Gasteiger partial charge in [-0.1, -0.05) is 19.0 Å². The van der Waals surface area contributed by atoms with Crippen LogP contribution in [0.2, 0.25) is 0 Å². The van der Waals surface area contributed by atoms with E-state index in [0.29, 0.717) is 18.3 Å². The highest BCUT2D eigenvalue weighted by Crippen LogP contribution is 2.17. The summed E-state index contributed by atoms with van der Waals surface area (Å²) >= 11 is 1.71. The zero-order valence-corrected chi connectivity index (χ0v) is 11.8. The molecule has 5 nitrogen and oxygen atoms in total. The van der Waals surface area contributed by atoms with Crippen molar-refractivity contribution in [2.24, 2.45) is 0 Å². The number of aryl methyl sites for hydroxylation is 2. The Kier molecular flexibility index (Phi) is 4.43. The Morgan fingerprint density at radius 1 is 1.33 bits per heavy atom. The van der Waals surface area contributed by atoms with Crippen molar-refractivity contribution in [1.82, 2.24) is 20.4 Å². The Balaban J connectivity index is 1.89. The number of aromatic nitrogens is 3. The van der Waals surface area contributed by atoms with Gasteiger partial charge in [0.15, 0.2) is 5.82 Å². The number of nitrogens with zero attached hydrogens (tertiary/aromatic N) is 3. The maximum Gasteiger partial charge on any atom is 0.226 e. The first-order chi connectivity index (χ1) is 8.72. The van der Waals surface area contributed by atoms with Crippen molar-refractivity contribution < 1.29 is 4.52 Å². The number of nitrogens with one attached hydrogen (secondary N) is 1. The lowest BCUT2D eigenvalue weighted by atomic mass is 10.2. The molecule has 18 heavy (non-hydrogen) atoms. The van der Waals surface area contributed by atoms with Gasteiger partial charge in [-0.25, -0.2) is 4.98 Å². The van der Waals surface area contributed by atoms with Gasteiger partial charge in [0.2, 0.25) is 5.89 Å². The molecular formula is C12H18N4OS. The van der Waals surface area contributed by atoms with Gasteiger partial charge in [-0.15, -0.1) is 11.3 Å². The Morgan fingerprint density at radius 2 is 2.17 bits per heavy atom. The summed E-state index contributed by atoms with van der Waals surface area (Å²) in [4.78, 5) is 8.81. The van der Waals surface area contributed by atoms with E-state index in [1.165, 1.54) is 5.01 Å². The van der Waals surface area contributed by atoms with Crippen LogP contribution in [0.25, 0.3) is 0 Å². The van der Waals surface area contributed by atoms with Gasteiger partial charge in [0.25, 0.3) is 0 Å². The molecule has 0 amide bonds. The van der Waals surface area contributed by atoms with Crippen LogP contribution >= 0.6 is 11.3 Å². The van der Waals surface area contributed by atoms with Crippen molar-refractivity contribution in [3.8, 4) is 0 Å². The fourth-order valence-corrected chi connectivity index (χ4v) is 2.38. The van der Waals surface area contributed by atoms with Crippen LogP contribution in [0.3, 0.4) is 0 Å². The molecule has 6 heteroatoms. The maximum absolute atomic E-state index is 5.06. The van der Waals surface area contributed by atoms with Crippen LogP contribution in [-0.4, -0.2) is 15.1 Å². The minimum absolute atomic E-state index is 0.199. The molecule has 1 atom stereocenters. The molecule has 0 saturated heterocycles. The smallest absolute Gasteiger partial charge is 0.226 e. The number of hydrogen-bond donors (Lipinski definition) is 1. The SMILES string of the molecule is CCc1nc(CNC(C)c2csc(CC)n2)no1. The first-order valence-corrected chi connectivity index (χ1v) is 7.10. The molecule has 0 bridgehead atoms. The summed E-state index contributed by atoms with van der Waals surface area (Å²) in [6.45, 7) is 6.81. The van der Waals surface area contributed by atoms with E-state index in [-0.39, 0.29) is 6.04 Å². The van der Waals surface area contributed by atoms with E-state index in [2.05, 4.69) is 39.7 Å². The number of rotatable bonds is 6. The van der Waals surface area contributed by atoms with E-state index < -0.39 is 0 Å². The summed E-state index contributed by atoms with van der Waals surface area (Å²) < 4.78 is 5.06. The van der Waals surface area contributed by atoms with E-state index in [4.69, 9.17) is 4.52 Å². The van der Waals surface area contributed by atoms with E-state index in [9.17, 15) is 0 Å². The number of hydrogen-bond acceptors (Lipinski definition) is 6. The zero-order valence-electron chi connectivity index (χ0n) is 10.9. The van der Waals surface area contributed by atoms with Crippen LogP contribution in [0.15, 0.2) is 9.90 Å². The summed E-state index contributed by atoms with van der Waals surface area (Å²) in [6, 6.07) is 0.199. The quantitative estimate of drug-likeness (QED) is 0.870. The first-order valence-electron chi connectivity index (χ1n) is 6.22. The van der Waals surface area contributed by atoms with E-state index in [0.717, 1.165) is 18.5 Å². The largest absolute Gasteiger partial charge is 0.339 e. The summed E-state index contributed by atoms with van der Waals surface area (Å²) in [5.41, 5.74) is 1.08. The molecule has 2 aromatic rings. The van der Waals surface area contributed by atoms with E-state index in [1.807, 2.05) is 6.92 Å². The topological polar surface area (TPSA) is 63.8 Å². The fraction of sp³-hybridized carbons (Fsp3) is 0.583. The van der Waals surface area contributed by atoms with Crippen LogP contribution in [0.4, 0.5) is 0 Å². The summed E-state index contributed by atoms with van der Waals surface area (Å²) in [7, 11) is 0. The van der Waals surface area contributed by atoms with Gasteiger partial charge in [0, 0.05) is 17.8 Å². The van der Waals surface area contributed by atoms with Gasteiger partial charge in [-0.05, 0) is 13.3 Å². The molecule has 1 unspecified atom stereocenters. The van der Waals surface area contributed by atoms with Gasteiger partial charge in [-0.3, -0.25) is 0 Å². The van der Waals surface area contributed by atoms with Gasteiger partial charge in [0.1, 0.15) is 0 Å². The first kappa shape index (κ1) is 13.2. The van der Waals surface area contributed by atoms with Gasteiger partial charge >= 0.3 is 0 Å². The van der Waals surface area contributed by atoms with Crippen molar-refractivity contribution in [2.75, 3.05) is 0 Å². The summed E-state index contributed by atoms with van der Waals surface area (Å²) in [6.07, 6.45) is 1.76. The van der Waals surface area contributed by atoms with Crippen LogP contribution < -0.4 is 5.32 Å². The molecule has 0 radical (unpaired) electrons. The standard InChI is InChI=1S/C12H18N4OS/c1-4-11-15-10(16-17-11)6-13-8(3)9-7-18-12(5-2)14-9/h7-8,13H,4-6H2,1-3H3. The molecule has 0 aliphatic heterocycles. The van der Waals surface area contributed by atoms with Crippen molar-refractivity contribution in [3.63, 3.8) is 0 Å². The third kappa shape index (κ3) is 3.14. The molecule has 0 saturated carbocycles. The van der Waals surface area contributed by atoms with Crippen molar-refractivity contribution in [2.45, 2.75) is 46.2 Å². The van der Waals surface area contributed by atoms with Gasteiger partial charge < -0.3 is 9.84 Å².